The molecule has 0 spiro atoms. The lowest BCUT2D eigenvalue weighted by Gasteiger charge is -2.07. The van der Waals surface area contributed by atoms with Gasteiger partial charge in [0.2, 0.25) is 11.8 Å². The number of anilines is 2. The van der Waals surface area contributed by atoms with Crippen LogP contribution in [0.25, 0.3) is 0 Å². The van der Waals surface area contributed by atoms with E-state index in [1.807, 2.05) is 31.2 Å². The van der Waals surface area contributed by atoms with E-state index in [4.69, 9.17) is 10.5 Å². The average Bonchev–Trinajstić information content (AvgIpc) is 2.40. The molecule has 0 aliphatic heterocycles. The molecule has 0 unspecified atom stereocenters. The highest BCUT2D eigenvalue weighted by atomic mass is 16.5. The van der Waals surface area contributed by atoms with Crippen LogP contribution in [0.1, 0.15) is 11.3 Å². The highest BCUT2D eigenvalue weighted by Gasteiger charge is 2.01. The highest BCUT2D eigenvalue weighted by molar-refractivity contribution is 5.39. The molecule has 0 fully saturated rings. The van der Waals surface area contributed by atoms with Crippen LogP contribution in [-0.4, -0.2) is 23.6 Å². The van der Waals surface area contributed by atoms with E-state index in [-0.39, 0.29) is 0 Å². The van der Waals surface area contributed by atoms with Crippen molar-refractivity contribution < 1.29 is 4.74 Å². The maximum atomic E-state index is 5.65. The van der Waals surface area contributed by atoms with Gasteiger partial charge in [0.15, 0.2) is 0 Å². The molecule has 5 nitrogen and oxygen atoms in total. The van der Waals surface area contributed by atoms with E-state index in [1.165, 1.54) is 5.56 Å². The lowest BCUT2D eigenvalue weighted by Crippen LogP contribution is -2.09. The number of nitrogens with two attached hydrogens (primary N) is 1. The van der Waals surface area contributed by atoms with E-state index in [2.05, 4.69) is 15.3 Å². The first kappa shape index (κ1) is 13.1. The second kappa shape index (κ2) is 6.04. The van der Waals surface area contributed by atoms with Gasteiger partial charge in [-0.2, -0.15) is 4.98 Å². The van der Waals surface area contributed by atoms with Crippen molar-refractivity contribution in [2.45, 2.75) is 13.3 Å². The number of nitrogens with one attached hydrogen (secondary N) is 1. The fraction of sp³-hybridized carbons (Fsp3) is 0.286. The monoisotopic (exact) mass is 258 g/mol. The Morgan fingerprint density at radius 2 is 1.95 bits per heavy atom. The van der Waals surface area contributed by atoms with Crippen LogP contribution >= 0.6 is 0 Å². The number of aromatic nitrogens is 2. The summed E-state index contributed by atoms with van der Waals surface area (Å²) >= 11 is 0. The van der Waals surface area contributed by atoms with Crippen LogP contribution in [0.4, 0.5) is 11.6 Å². The van der Waals surface area contributed by atoms with Gasteiger partial charge in [-0.15, -0.1) is 0 Å². The zero-order chi connectivity index (χ0) is 13.7. The molecule has 2 rings (SSSR count). The summed E-state index contributed by atoms with van der Waals surface area (Å²) in [6.45, 7) is 2.67. The van der Waals surface area contributed by atoms with Gasteiger partial charge in [-0.25, -0.2) is 4.98 Å². The second-order valence-corrected chi connectivity index (χ2v) is 4.29. The molecule has 0 aliphatic rings. The van der Waals surface area contributed by atoms with Crippen LogP contribution in [-0.2, 0) is 6.42 Å². The Balaban J connectivity index is 1.92. The largest absolute Gasteiger partial charge is 0.481 e. The molecule has 0 saturated heterocycles. The molecule has 0 radical (unpaired) electrons. The van der Waals surface area contributed by atoms with Crippen molar-refractivity contribution in [2.75, 3.05) is 24.7 Å². The molecule has 0 bridgehead atoms. The van der Waals surface area contributed by atoms with Crippen molar-refractivity contribution in [3.05, 3.63) is 41.6 Å². The van der Waals surface area contributed by atoms with Crippen LogP contribution < -0.4 is 15.8 Å². The Bertz CT molecular complexity index is 540. The first-order valence-electron chi connectivity index (χ1n) is 6.15. The maximum Gasteiger partial charge on any atom is 0.226 e. The third-order valence-electron chi connectivity index (χ3n) is 2.72. The van der Waals surface area contributed by atoms with Gasteiger partial charge in [-0.1, -0.05) is 12.1 Å². The zero-order valence-corrected chi connectivity index (χ0v) is 11.2. The third-order valence-corrected chi connectivity index (χ3v) is 2.72. The number of methoxy groups -OCH3 is 1. The smallest absolute Gasteiger partial charge is 0.226 e. The number of aryl methyl sites for hydroxylation is 1. The fourth-order valence-corrected chi connectivity index (χ4v) is 1.73. The molecule has 5 heteroatoms. The van der Waals surface area contributed by atoms with Crippen LogP contribution in [0, 0.1) is 6.92 Å². The van der Waals surface area contributed by atoms with E-state index in [1.54, 1.807) is 13.2 Å². The van der Waals surface area contributed by atoms with Crippen molar-refractivity contribution in [1.29, 1.82) is 0 Å². The predicted molar refractivity (Wildman–Crippen MR) is 76.4 cm³/mol. The van der Waals surface area contributed by atoms with E-state index in [0.29, 0.717) is 11.8 Å². The quantitative estimate of drug-likeness (QED) is 0.803. The summed E-state index contributed by atoms with van der Waals surface area (Å²) in [6.07, 6.45) is 0.889. The lowest BCUT2D eigenvalue weighted by molar-refractivity contribution is 0.397. The highest BCUT2D eigenvalue weighted by Crippen LogP contribution is 2.11. The van der Waals surface area contributed by atoms with E-state index in [9.17, 15) is 0 Å². The zero-order valence-electron chi connectivity index (χ0n) is 11.2. The predicted octanol–water partition coefficient (Wildman–Crippen LogP) is 2.03. The second-order valence-electron chi connectivity index (χ2n) is 4.29. The van der Waals surface area contributed by atoms with Gasteiger partial charge in [0.25, 0.3) is 0 Å². The Kier molecular flexibility index (Phi) is 4.18. The molecule has 1 aromatic heterocycles. The Hall–Kier alpha value is -2.30. The summed E-state index contributed by atoms with van der Waals surface area (Å²) < 4.78 is 5.11. The molecule has 100 valence electrons. The van der Waals surface area contributed by atoms with Crippen molar-refractivity contribution in [3.63, 3.8) is 0 Å². The minimum Gasteiger partial charge on any atom is -0.481 e. The number of hydrogen-bond donors (Lipinski definition) is 2. The van der Waals surface area contributed by atoms with E-state index < -0.39 is 0 Å². The van der Waals surface area contributed by atoms with Gasteiger partial charge < -0.3 is 15.8 Å². The first-order valence-corrected chi connectivity index (χ1v) is 6.15. The fourth-order valence-electron chi connectivity index (χ4n) is 1.73. The number of nitrogens with zero attached hydrogens (tertiary/aromatic N) is 2. The summed E-state index contributed by atoms with van der Waals surface area (Å²) in [5, 5.41) is 3.19. The lowest BCUT2D eigenvalue weighted by atomic mass is 10.1. The molecule has 3 N–H and O–H groups in total. The van der Waals surface area contributed by atoms with E-state index >= 15 is 0 Å². The Morgan fingerprint density at radius 1 is 1.21 bits per heavy atom. The minimum atomic E-state index is 0.572. The van der Waals surface area contributed by atoms with Gasteiger partial charge in [-0.3, -0.25) is 0 Å². The molecule has 0 atom stereocenters. The van der Waals surface area contributed by atoms with Gasteiger partial charge in [0, 0.05) is 24.0 Å². The summed E-state index contributed by atoms with van der Waals surface area (Å²) in [7, 11) is 1.60. The Morgan fingerprint density at radius 3 is 2.63 bits per heavy atom. The molecule has 1 heterocycles. The summed E-state index contributed by atoms with van der Waals surface area (Å²) in [5.41, 5.74) is 8.53. The van der Waals surface area contributed by atoms with Crippen molar-refractivity contribution in [2.24, 2.45) is 0 Å². The number of hydrogen-bond acceptors (Lipinski definition) is 5. The summed E-state index contributed by atoms with van der Waals surface area (Å²) in [4.78, 5) is 8.54. The molecule has 0 amide bonds. The van der Waals surface area contributed by atoms with Crippen LogP contribution in [0.2, 0.25) is 0 Å². The number of nitrogen functional groups attached to an aromatic ring is 1. The molecule has 0 aliphatic carbocycles. The molecule has 19 heavy (non-hydrogen) atoms. The average molecular weight is 258 g/mol. The molecular formula is C14H18N4O. The maximum absolute atomic E-state index is 5.65. The summed E-state index contributed by atoms with van der Waals surface area (Å²) in [5.74, 6) is 1.16. The number of benzene rings is 1. The topological polar surface area (TPSA) is 73.1 Å². The van der Waals surface area contributed by atoms with Gasteiger partial charge in [0.05, 0.1) is 7.11 Å². The van der Waals surface area contributed by atoms with Crippen molar-refractivity contribution in [3.8, 4) is 5.88 Å². The van der Waals surface area contributed by atoms with Crippen molar-refractivity contribution in [1.82, 2.24) is 9.97 Å². The van der Waals surface area contributed by atoms with Gasteiger partial charge >= 0.3 is 0 Å². The summed E-state index contributed by atoms with van der Waals surface area (Å²) in [6, 6.07) is 9.65. The number of rotatable bonds is 5. The number of ether oxygens (including phenoxy) is 1. The molecule has 0 saturated carbocycles. The van der Waals surface area contributed by atoms with Crippen LogP contribution in [0.3, 0.4) is 0 Å². The first-order chi connectivity index (χ1) is 9.17. The molecule has 2 aromatic rings. The van der Waals surface area contributed by atoms with E-state index in [0.717, 1.165) is 24.3 Å². The standard InChI is InChI=1S/C14H18N4O/c1-10-9-13(19-2)18-14(17-10)16-8-7-11-3-5-12(15)6-4-11/h3-6,9H,7-8,15H2,1-2H3,(H,16,17,18). The van der Waals surface area contributed by atoms with Crippen LogP contribution in [0.5, 0.6) is 5.88 Å². The third kappa shape index (κ3) is 3.84. The normalized spacial score (nSPS) is 10.2. The minimum absolute atomic E-state index is 0.572. The molecule has 1 aromatic carbocycles. The van der Waals surface area contributed by atoms with Crippen molar-refractivity contribution >= 4 is 11.6 Å². The van der Waals surface area contributed by atoms with Gasteiger partial charge in [0.1, 0.15) is 0 Å². The van der Waals surface area contributed by atoms with Crippen LogP contribution in [0.15, 0.2) is 30.3 Å². The SMILES string of the molecule is COc1cc(C)nc(NCCc2ccc(N)cc2)n1. The van der Waals surface area contributed by atoms with Gasteiger partial charge in [-0.05, 0) is 31.0 Å². The Labute approximate surface area is 112 Å². The molecular weight excluding hydrogens is 240 g/mol.